The zero-order valence-electron chi connectivity index (χ0n) is 28.9. The van der Waals surface area contributed by atoms with Gasteiger partial charge in [-0.1, -0.05) is 36.4 Å². The SMILES string of the molecule is C/C=C1\[C@@H](O)OC=C(C(C)=O)[C@@H]1CC(=O)OCCc1ccc(O)cc1.C/C=C1\[C@H](O)OC=C(C(=O)OC)[C@@H]1CC(=O)OCCc1ccc(O)cc1. The van der Waals surface area contributed by atoms with E-state index in [2.05, 4.69) is 0 Å². The number of methoxy groups -OCH3 is 1. The molecular formula is C38H44O13. The van der Waals surface area contributed by atoms with Crippen molar-refractivity contribution in [1.29, 1.82) is 0 Å². The van der Waals surface area contributed by atoms with E-state index in [0.717, 1.165) is 17.4 Å². The number of aliphatic hydroxyl groups excluding tert-OH is 2. The van der Waals surface area contributed by atoms with Gasteiger partial charge in [0, 0.05) is 41.4 Å². The van der Waals surface area contributed by atoms with Crippen molar-refractivity contribution in [2.75, 3.05) is 20.3 Å². The number of carbonyl (C=O) groups is 4. The lowest BCUT2D eigenvalue weighted by Crippen LogP contribution is -2.31. The van der Waals surface area contributed by atoms with E-state index in [1.54, 1.807) is 74.5 Å². The molecule has 4 N–H and O–H groups in total. The first kappa shape index (κ1) is 40.0. The summed E-state index contributed by atoms with van der Waals surface area (Å²) in [5.41, 5.74) is 3.23. The van der Waals surface area contributed by atoms with Gasteiger partial charge < -0.3 is 44.1 Å². The molecule has 0 fully saturated rings. The molecule has 0 aliphatic carbocycles. The third-order valence-electron chi connectivity index (χ3n) is 8.19. The molecule has 4 rings (SSSR count). The number of aliphatic hydroxyl groups is 2. The molecule has 2 aromatic carbocycles. The first-order valence-corrected chi connectivity index (χ1v) is 16.2. The second kappa shape index (κ2) is 19.7. The fraction of sp³-hybridized carbons (Fsp3) is 0.368. The molecule has 0 spiro atoms. The highest BCUT2D eigenvalue weighted by atomic mass is 16.6. The van der Waals surface area contributed by atoms with Crippen LogP contribution in [0.3, 0.4) is 0 Å². The number of carbonyl (C=O) groups excluding carboxylic acids is 4. The van der Waals surface area contributed by atoms with Crippen LogP contribution in [-0.2, 0) is 55.7 Å². The predicted molar refractivity (Wildman–Crippen MR) is 182 cm³/mol. The van der Waals surface area contributed by atoms with Crippen molar-refractivity contribution in [2.24, 2.45) is 11.8 Å². The number of rotatable bonds is 12. The Hall–Kier alpha value is -5.40. The third kappa shape index (κ3) is 11.9. The number of hydrogen-bond donors (Lipinski definition) is 4. The van der Waals surface area contributed by atoms with Crippen molar-refractivity contribution < 1.29 is 63.3 Å². The Morgan fingerprint density at radius 2 is 1.08 bits per heavy atom. The van der Waals surface area contributed by atoms with E-state index in [4.69, 9.17) is 23.7 Å². The average Bonchev–Trinajstić information content (AvgIpc) is 3.10. The van der Waals surface area contributed by atoms with Crippen molar-refractivity contribution in [3.8, 4) is 11.5 Å². The quantitative estimate of drug-likeness (QED) is 0.140. The molecule has 0 aromatic heterocycles. The minimum Gasteiger partial charge on any atom is -0.508 e. The fourth-order valence-electron chi connectivity index (χ4n) is 5.42. The first-order chi connectivity index (χ1) is 24.4. The van der Waals surface area contributed by atoms with Crippen molar-refractivity contribution >= 4 is 23.7 Å². The molecule has 274 valence electrons. The number of benzene rings is 2. The summed E-state index contributed by atoms with van der Waals surface area (Å²) < 4.78 is 25.3. The largest absolute Gasteiger partial charge is 0.508 e. The third-order valence-corrected chi connectivity index (χ3v) is 8.19. The smallest absolute Gasteiger partial charge is 0.337 e. The van der Waals surface area contributed by atoms with Crippen LogP contribution in [0.1, 0.15) is 44.7 Å². The van der Waals surface area contributed by atoms with E-state index in [1.165, 1.54) is 20.3 Å². The van der Waals surface area contributed by atoms with Gasteiger partial charge in [0.1, 0.15) is 11.5 Å². The Balaban J connectivity index is 0.000000276. The summed E-state index contributed by atoms with van der Waals surface area (Å²) in [6.07, 6.45) is 4.08. The summed E-state index contributed by atoms with van der Waals surface area (Å²) in [7, 11) is 1.23. The lowest BCUT2D eigenvalue weighted by atomic mass is 9.84. The molecule has 51 heavy (non-hydrogen) atoms. The molecule has 0 saturated carbocycles. The molecule has 13 heteroatoms. The maximum absolute atomic E-state index is 12.2. The van der Waals surface area contributed by atoms with Crippen LogP contribution in [0.15, 0.2) is 95.5 Å². The number of ketones is 1. The molecule has 13 nitrogen and oxygen atoms in total. The molecule has 2 aliphatic heterocycles. The summed E-state index contributed by atoms with van der Waals surface area (Å²) in [5.74, 6) is -2.66. The highest BCUT2D eigenvalue weighted by Crippen LogP contribution is 2.34. The number of phenolic OH excluding ortho intramolecular Hbond substituents is 2. The van der Waals surface area contributed by atoms with Gasteiger partial charge in [-0.05, 0) is 56.2 Å². The monoisotopic (exact) mass is 708 g/mol. The van der Waals surface area contributed by atoms with Crippen LogP contribution in [0.2, 0.25) is 0 Å². The van der Waals surface area contributed by atoms with Crippen LogP contribution < -0.4 is 0 Å². The maximum atomic E-state index is 12.2. The van der Waals surface area contributed by atoms with Gasteiger partial charge in [0.05, 0.1) is 51.3 Å². The maximum Gasteiger partial charge on any atom is 0.337 e. The van der Waals surface area contributed by atoms with Gasteiger partial charge in [-0.25, -0.2) is 4.79 Å². The highest BCUT2D eigenvalue weighted by Gasteiger charge is 2.36. The molecule has 2 heterocycles. The predicted octanol–water partition coefficient (Wildman–Crippen LogP) is 4.09. The number of ether oxygens (including phenoxy) is 5. The number of phenols is 2. The topological polar surface area (TPSA) is 195 Å². The van der Waals surface area contributed by atoms with Gasteiger partial charge in [-0.15, -0.1) is 0 Å². The second-order valence-corrected chi connectivity index (χ2v) is 11.5. The van der Waals surface area contributed by atoms with Crippen molar-refractivity contribution in [1.82, 2.24) is 0 Å². The van der Waals surface area contributed by atoms with Gasteiger partial charge in [0.2, 0.25) is 12.6 Å². The van der Waals surface area contributed by atoms with Crippen LogP contribution >= 0.6 is 0 Å². The number of Topliss-reactive ketones (excluding diaryl/α,β-unsaturated/α-hetero) is 1. The van der Waals surface area contributed by atoms with Gasteiger partial charge in [-0.2, -0.15) is 0 Å². The molecule has 2 aliphatic rings. The van der Waals surface area contributed by atoms with E-state index < -0.39 is 42.3 Å². The molecule has 0 unspecified atom stereocenters. The molecule has 0 radical (unpaired) electrons. The average molecular weight is 709 g/mol. The zero-order valence-corrected chi connectivity index (χ0v) is 28.9. The lowest BCUT2D eigenvalue weighted by molar-refractivity contribution is -0.146. The van der Waals surface area contributed by atoms with Crippen molar-refractivity contribution in [2.45, 2.75) is 59.0 Å². The summed E-state index contributed by atoms with van der Waals surface area (Å²) >= 11 is 0. The van der Waals surface area contributed by atoms with E-state index in [9.17, 15) is 39.6 Å². The zero-order chi connectivity index (χ0) is 37.5. The van der Waals surface area contributed by atoms with E-state index in [-0.39, 0.29) is 48.9 Å². The Bertz CT molecular complexity index is 1630. The summed E-state index contributed by atoms with van der Waals surface area (Å²) in [6.45, 7) is 5.15. The first-order valence-electron chi connectivity index (χ1n) is 16.2. The fourth-order valence-corrected chi connectivity index (χ4v) is 5.42. The van der Waals surface area contributed by atoms with E-state index in [0.29, 0.717) is 29.6 Å². The van der Waals surface area contributed by atoms with Gasteiger partial charge >= 0.3 is 17.9 Å². The number of allylic oxidation sites excluding steroid dienone is 3. The second-order valence-electron chi connectivity index (χ2n) is 11.5. The standard InChI is InChI=1S/C19H22O7.C19H22O6/c1-3-14-15(16(18(22)24-2)11-26-19(14)23)10-17(21)25-9-8-12-4-6-13(20)7-5-12;1-3-15-16(17(12(2)20)11-25-19(15)23)10-18(22)24-9-8-13-4-6-14(21)7-5-13/h3-7,11,15,19-20,23H,8-10H2,1-2H3;3-7,11,16,19,21,23H,8-10H2,1-2H3/b14-3-;15-3-/t15-,19-;16-,19+/m11/s1. The van der Waals surface area contributed by atoms with Crippen LogP contribution in [-0.4, -0.2) is 77.0 Å². The van der Waals surface area contributed by atoms with Gasteiger partial charge in [-0.3, -0.25) is 14.4 Å². The van der Waals surface area contributed by atoms with Gasteiger partial charge in [0.25, 0.3) is 0 Å². The van der Waals surface area contributed by atoms with Crippen LogP contribution in [0.5, 0.6) is 11.5 Å². The van der Waals surface area contributed by atoms with E-state index in [1.807, 2.05) is 0 Å². The number of aromatic hydroxyl groups is 2. The lowest BCUT2D eigenvalue weighted by Gasteiger charge is -2.29. The summed E-state index contributed by atoms with van der Waals surface area (Å²) in [6, 6.07) is 13.3. The van der Waals surface area contributed by atoms with Gasteiger partial charge in [0.15, 0.2) is 5.78 Å². The minimum absolute atomic E-state index is 0.0406. The normalized spacial score (nSPS) is 21.1. The molecule has 0 saturated heterocycles. The van der Waals surface area contributed by atoms with Crippen LogP contribution in [0.25, 0.3) is 0 Å². The molecular weight excluding hydrogens is 664 g/mol. The van der Waals surface area contributed by atoms with Crippen molar-refractivity contribution in [3.63, 3.8) is 0 Å². The Labute approximate surface area is 296 Å². The highest BCUT2D eigenvalue weighted by molar-refractivity contribution is 5.95. The molecule has 0 bridgehead atoms. The summed E-state index contributed by atoms with van der Waals surface area (Å²) in [5, 5.41) is 38.3. The van der Waals surface area contributed by atoms with E-state index >= 15 is 0 Å². The summed E-state index contributed by atoms with van der Waals surface area (Å²) in [4.78, 5) is 48.0. The number of esters is 3. The number of hydrogen-bond acceptors (Lipinski definition) is 13. The molecule has 0 amide bonds. The van der Waals surface area contributed by atoms with Crippen molar-refractivity contribution in [3.05, 3.63) is 107 Å². The Morgan fingerprint density at radius 1 is 0.686 bits per heavy atom. The molecule has 4 atom stereocenters. The molecule has 2 aromatic rings. The minimum atomic E-state index is -1.22. The Morgan fingerprint density at radius 3 is 1.45 bits per heavy atom. The van der Waals surface area contributed by atoms with Crippen LogP contribution in [0, 0.1) is 11.8 Å². The van der Waals surface area contributed by atoms with Crippen LogP contribution in [0.4, 0.5) is 0 Å². The Kier molecular flexibility index (Phi) is 15.5.